The van der Waals surface area contributed by atoms with Crippen LogP contribution >= 0.6 is 31.9 Å². The Hall–Kier alpha value is -2.38. The maximum absolute atomic E-state index is 13.4. The fourth-order valence-corrected chi connectivity index (χ4v) is 4.74. The van der Waals surface area contributed by atoms with Crippen molar-refractivity contribution in [2.24, 2.45) is 5.10 Å². The number of ether oxygens (including phenoxy) is 2. The molecule has 0 unspecified atom stereocenters. The molecule has 5 rings (SSSR count). The third-order valence-corrected chi connectivity index (χ3v) is 6.37. The molecule has 30 heavy (non-hydrogen) atoms. The van der Waals surface area contributed by atoms with Crippen LogP contribution in [0.25, 0.3) is 0 Å². The van der Waals surface area contributed by atoms with Crippen molar-refractivity contribution >= 4 is 37.6 Å². The number of benzene rings is 3. The van der Waals surface area contributed by atoms with Gasteiger partial charge < -0.3 is 9.47 Å². The Morgan fingerprint density at radius 2 is 1.70 bits per heavy atom. The summed E-state index contributed by atoms with van der Waals surface area (Å²) in [6.45, 7) is 0. The molecular weight excluding hydrogens is 515 g/mol. The molecule has 7 heteroatoms. The summed E-state index contributed by atoms with van der Waals surface area (Å²) < 4.78 is 27.4. The van der Waals surface area contributed by atoms with Crippen molar-refractivity contribution in [3.05, 3.63) is 92.1 Å². The molecule has 2 atom stereocenters. The zero-order valence-electron chi connectivity index (χ0n) is 16.0. The molecule has 0 spiro atoms. The highest BCUT2D eigenvalue weighted by molar-refractivity contribution is 9.10. The van der Waals surface area contributed by atoms with E-state index in [0.717, 1.165) is 42.8 Å². The molecule has 0 aliphatic carbocycles. The van der Waals surface area contributed by atoms with Crippen LogP contribution < -0.4 is 9.47 Å². The van der Waals surface area contributed by atoms with Gasteiger partial charge in [-0.05, 0) is 54.1 Å². The van der Waals surface area contributed by atoms with Gasteiger partial charge in [-0.1, -0.05) is 44.0 Å². The average Bonchev–Trinajstić information content (AvgIpc) is 3.19. The lowest BCUT2D eigenvalue weighted by Gasteiger charge is -2.38. The summed E-state index contributed by atoms with van der Waals surface area (Å²) >= 11 is 7.12. The highest BCUT2D eigenvalue weighted by Crippen LogP contribution is 2.49. The Morgan fingerprint density at radius 1 is 1.00 bits per heavy atom. The largest absolute Gasteiger partial charge is 0.496 e. The summed E-state index contributed by atoms with van der Waals surface area (Å²) in [4.78, 5) is 0. The Kier molecular flexibility index (Phi) is 5.03. The third-order valence-electron chi connectivity index (χ3n) is 5.39. The molecule has 0 amide bonds. The number of hydrazone groups is 1. The molecule has 4 nitrogen and oxygen atoms in total. The van der Waals surface area contributed by atoms with Crippen LogP contribution in [0.3, 0.4) is 0 Å². The van der Waals surface area contributed by atoms with Crippen LogP contribution in [-0.2, 0) is 0 Å². The van der Waals surface area contributed by atoms with Crippen molar-refractivity contribution in [3.8, 4) is 11.5 Å². The summed E-state index contributed by atoms with van der Waals surface area (Å²) in [6.07, 6.45) is 0.250. The summed E-state index contributed by atoms with van der Waals surface area (Å²) in [5.41, 5.74) is 3.75. The van der Waals surface area contributed by atoms with Gasteiger partial charge >= 0.3 is 0 Å². The number of methoxy groups -OCH3 is 1. The van der Waals surface area contributed by atoms with E-state index in [-0.39, 0.29) is 11.9 Å². The predicted molar refractivity (Wildman–Crippen MR) is 120 cm³/mol. The standard InChI is InChI=1S/C23H17Br2FN2O2/c1-29-21-8-4-15(25)11-18(21)23-28-20(17-10-14(24)5-9-22(17)30-23)12-19(27-28)13-2-6-16(26)7-3-13/h2-11,20,23H,12H2,1H3/t20-,23-/m1/s1. The summed E-state index contributed by atoms with van der Waals surface area (Å²) in [5, 5.41) is 6.90. The molecule has 2 heterocycles. The normalized spacial score (nSPS) is 19.6. The van der Waals surface area contributed by atoms with Crippen molar-refractivity contribution in [1.29, 1.82) is 0 Å². The first kappa shape index (κ1) is 19.6. The van der Waals surface area contributed by atoms with Crippen molar-refractivity contribution in [2.45, 2.75) is 18.7 Å². The molecule has 2 aliphatic rings. The fourth-order valence-electron chi connectivity index (χ4n) is 3.98. The van der Waals surface area contributed by atoms with Gasteiger partial charge in [0.25, 0.3) is 0 Å². The first-order chi connectivity index (χ1) is 14.5. The van der Waals surface area contributed by atoms with E-state index in [0.29, 0.717) is 6.42 Å². The van der Waals surface area contributed by atoms with E-state index < -0.39 is 6.23 Å². The molecule has 0 radical (unpaired) electrons. The van der Waals surface area contributed by atoms with Gasteiger partial charge in [-0.2, -0.15) is 5.10 Å². The average molecular weight is 532 g/mol. The van der Waals surface area contributed by atoms with Crippen LogP contribution in [0.4, 0.5) is 4.39 Å². The lowest BCUT2D eigenvalue weighted by atomic mass is 9.96. The molecule has 0 saturated carbocycles. The topological polar surface area (TPSA) is 34.1 Å². The second kappa shape index (κ2) is 7.71. The first-order valence-corrected chi connectivity index (χ1v) is 11.0. The Morgan fingerprint density at radius 3 is 2.43 bits per heavy atom. The van der Waals surface area contributed by atoms with Gasteiger partial charge in [0, 0.05) is 20.9 Å². The number of rotatable bonds is 3. The van der Waals surface area contributed by atoms with Crippen molar-refractivity contribution < 1.29 is 13.9 Å². The van der Waals surface area contributed by atoms with Gasteiger partial charge in [0.1, 0.15) is 17.3 Å². The van der Waals surface area contributed by atoms with Crippen LogP contribution in [0.5, 0.6) is 11.5 Å². The molecule has 0 aromatic heterocycles. The highest BCUT2D eigenvalue weighted by Gasteiger charge is 2.42. The fraction of sp³-hybridized carbons (Fsp3) is 0.174. The molecule has 152 valence electrons. The minimum absolute atomic E-state index is 0.00000850. The zero-order chi connectivity index (χ0) is 20.8. The van der Waals surface area contributed by atoms with Gasteiger partial charge in [-0.3, -0.25) is 0 Å². The van der Waals surface area contributed by atoms with E-state index in [2.05, 4.69) is 37.9 Å². The number of hydrogen-bond acceptors (Lipinski definition) is 4. The lowest BCUT2D eigenvalue weighted by Crippen LogP contribution is -2.34. The van der Waals surface area contributed by atoms with Gasteiger partial charge in [-0.25, -0.2) is 9.40 Å². The lowest BCUT2D eigenvalue weighted by molar-refractivity contribution is -0.0204. The van der Waals surface area contributed by atoms with E-state index >= 15 is 0 Å². The maximum atomic E-state index is 13.4. The molecule has 3 aromatic rings. The second-order valence-corrected chi connectivity index (χ2v) is 9.02. The summed E-state index contributed by atoms with van der Waals surface area (Å²) in [7, 11) is 1.65. The van der Waals surface area contributed by atoms with E-state index in [1.54, 1.807) is 19.2 Å². The SMILES string of the molecule is COc1ccc(Br)cc1[C@H]1Oc2ccc(Br)cc2[C@H]2CC(c3ccc(F)cc3)=NN21. The van der Waals surface area contributed by atoms with Crippen LogP contribution in [0.1, 0.15) is 35.4 Å². The molecule has 0 N–H and O–H groups in total. The second-order valence-electron chi connectivity index (χ2n) is 7.19. The van der Waals surface area contributed by atoms with Crippen molar-refractivity contribution in [3.63, 3.8) is 0 Å². The molecule has 0 fully saturated rings. The quantitative estimate of drug-likeness (QED) is 0.381. The van der Waals surface area contributed by atoms with E-state index in [9.17, 15) is 4.39 Å². The highest BCUT2D eigenvalue weighted by atomic mass is 79.9. The van der Waals surface area contributed by atoms with Gasteiger partial charge in [0.05, 0.1) is 24.4 Å². The Labute approximate surface area is 190 Å². The zero-order valence-corrected chi connectivity index (χ0v) is 19.2. The monoisotopic (exact) mass is 530 g/mol. The Bertz CT molecular complexity index is 1150. The predicted octanol–water partition coefficient (Wildman–Crippen LogP) is 6.60. The van der Waals surface area contributed by atoms with Gasteiger partial charge in [0.2, 0.25) is 6.23 Å². The van der Waals surface area contributed by atoms with Gasteiger partial charge in [-0.15, -0.1) is 0 Å². The molecule has 2 aliphatic heterocycles. The van der Waals surface area contributed by atoms with Crippen molar-refractivity contribution in [2.75, 3.05) is 7.11 Å². The number of halogens is 3. The molecule has 3 aromatic carbocycles. The van der Waals surface area contributed by atoms with Crippen LogP contribution in [0.2, 0.25) is 0 Å². The van der Waals surface area contributed by atoms with Crippen LogP contribution in [0, 0.1) is 5.82 Å². The minimum Gasteiger partial charge on any atom is -0.496 e. The number of nitrogens with zero attached hydrogens (tertiary/aromatic N) is 2. The number of hydrogen-bond donors (Lipinski definition) is 0. The third kappa shape index (κ3) is 3.40. The number of fused-ring (bicyclic) bond motifs is 3. The maximum Gasteiger partial charge on any atom is 0.217 e. The van der Waals surface area contributed by atoms with Gasteiger partial charge in [0.15, 0.2) is 0 Å². The first-order valence-electron chi connectivity index (χ1n) is 9.45. The summed E-state index contributed by atoms with van der Waals surface area (Å²) in [5.74, 6) is 1.29. The smallest absolute Gasteiger partial charge is 0.217 e. The van der Waals surface area contributed by atoms with E-state index in [4.69, 9.17) is 14.6 Å². The molecule has 0 bridgehead atoms. The van der Waals surface area contributed by atoms with E-state index in [1.165, 1.54) is 12.1 Å². The van der Waals surface area contributed by atoms with Crippen LogP contribution in [0.15, 0.2) is 74.7 Å². The Balaban J connectivity index is 1.64. The summed E-state index contributed by atoms with van der Waals surface area (Å²) in [6, 6.07) is 18.3. The molecule has 0 saturated heterocycles. The van der Waals surface area contributed by atoms with E-state index in [1.807, 2.05) is 35.3 Å². The van der Waals surface area contributed by atoms with Crippen LogP contribution in [-0.4, -0.2) is 17.8 Å². The molecular formula is C23H17Br2FN2O2. The minimum atomic E-state index is -0.450. The van der Waals surface area contributed by atoms with Crippen molar-refractivity contribution in [1.82, 2.24) is 5.01 Å².